The van der Waals surface area contributed by atoms with E-state index in [1.165, 1.54) is 7.11 Å². The number of esters is 1. The molecule has 0 aliphatic carbocycles. The average Bonchev–Trinajstić information content (AvgIpc) is 2.69. The third-order valence-electron chi connectivity index (χ3n) is 1.88. The highest BCUT2D eigenvalue weighted by molar-refractivity contribution is 7.11. The number of methoxy groups -OCH3 is 1. The van der Waals surface area contributed by atoms with Gasteiger partial charge in [-0.15, -0.1) is 0 Å². The van der Waals surface area contributed by atoms with Crippen molar-refractivity contribution in [1.29, 1.82) is 0 Å². The molecule has 0 aliphatic rings. The molecule has 1 rings (SSSR count). The molecule has 9 heteroatoms. The minimum Gasteiger partial charge on any atom is -0.465 e. The van der Waals surface area contributed by atoms with Crippen LogP contribution in [0.15, 0.2) is 0 Å². The van der Waals surface area contributed by atoms with Crippen molar-refractivity contribution in [1.82, 2.24) is 4.37 Å². The van der Waals surface area contributed by atoms with Gasteiger partial charge in [0.05, 0.1) is 13.7 Å². The van der Waals surface area contributed by atoms with Gasteiger partial charge in [0.15, 0.2) is 5.82 Å². The average molecular weight is 274 g/mol. The number of ether oxygens (including phenoxy) is 2. The summed E-state index contributed by atoms with van der Waals surface area (Å²) in [6.45, 7) is 0.511. The Bertz CT molecular complexity index is 434. The third-order valence-corrected chi connectivity index (χ3v) is 2.70. The van der Waals surface area contributed by atoms with Crippen LogP contribution in [0.2, 0.25) is 0 Å². The summed E-state index contributed by atoms with van der Waals surface area (Å²) in [6.07, 6.45) is 0. The second-order valence-corrected chi connectivity index (χ2v) is 3.98. The van der Waals surface area contributed by atoms with Gasteiger partial charge in [-0.1, -0.05) is 0 Å². The standard InChI is InChI=1S/C9H14N4O4S/c1-16-9(15)6-7(11)13-18-8(6)12-2-3-17-4-5(10)14/h12H,2-4H2,1H3,(H2,10,14)(H2,11,13). The van der Waals surface area contributed by atoms with E-state index in [2.05, 4.69) is 14.4 Å². The van der Waals surface area contributed by atoms with Crippen molar-refractivity contribution in [2.75, 3.05) is 37.9 Å². The predicted octanol–water partition coefficient (Wildman–Crippen LogP) is -0.574. The molecule has 0 radical (unpaired) electrons. The van der Waals surface area contributed by atoms with E-state index in [9.17, 15) is 9.59 Å². The SMILES string of the molecule is COC(=O)c1c(N)nsc1NCCOCC(N)=O. The number of nitrogens with one attached hydrogen (secondary N) is 1. The van der Waals surface area contributed by atoms with E-state index in [4.69, 9.17) is 16.2 Å². The maximum Gasteiger partial charge on any atom is 0.344 e. The molecule has 5 N–H and O–H groups in total. The van der Waals surface area contributed by atoms with Crippen molar-refractivity contribution >= 4 is 34.2 Å². The van der Waals surface area contributed by atoms with Crippen LogP contribution in [0.1, 0.15) is 10.4 Å². The van der Waals surface area contributed by atoms with E-state index in [0.717, 1.165) is 11.5 Å². The van der Waals surface area contributed by atoms with Gasteiger partial charge < -0.3 is 26.3 Å². The molecular formula is C9H14N4O4S. The lowest BCUT2D eigenvalue weighted by Gasteiger charge is -2.05. The second-order valence-electron chi connectivity index (χ2n) is 3.21. The maximum absolute atomic E-state index is 11.4. The van der Waals surface area contributed by atoms with Crippen LogP contribution in [0, 0.1) is 0 Å². The van der Waals surface area contributed by atoms with Gasteiger partial charge in [-0.3, -0.25) is 4.79 Å². The first-order valence-corrected chi connectivity index (χ1v) is 5.77. The summed E-state index contributed by atoms with van der Waals surface area (Å²) in [5.41, 5.74) is 10.7. The van der Waals surface area contributed by atoms with E-state index in [-0.39, 0.29) is 24.6 Å². The molecule has 18 heavy (non-hydrogen) atoms. The molecule has 1 amide bonds. The Labute approximate surface area is 107 Å². The largest absolute Gasteiger partial charge is 0.465 e. The zero-order valence-electron chi connectivity index (χ0n) is 9.76. The Hall–Kier alpha value is -1.87. The van der Waals surface area contributed by atoms with Crippen LogP contribution in [0.5, 0.6) is 0 Å². The fraction of sp³-hybridized carbons (Fsp3) is 0.444. The van der Waals surface area contributed by atoms with Crippen molar-refractivity contribution < 1.29 is 19.1 Å². The van der Waals surface area contributed by atoms with Crippen LogP contribution in [-0.4, -0.2) is 43.1 Å². The molecule has 1 aromatic heterocycles. The zero-order valence-corrected chi connectivity index (χ0v) is 10.6. The van der Waals surface area contributed by atoms with Gasteiger partial charge in [0.1, 0.15) is 17.2 Å². The van der Waals surface area contributed by atoms with Gasteiger partial charge in [0.2, 0.25) is 5.91 Å². The summed E-state index contributed by atoms with van der Waals surface area (Å²) in [5, 5.41) is 3.42. The van der Waals surface area contributed by atoms with Gasteiger partial charge in [0, 0.05) is 6.54 Å². The van der Waals surface area contributed by atoms with E-state index in [1.54, 1.807) is 0 Å². The van der Waals surface area contributed by atoms with Crippen molar-refractivity contribution in [3.63, 3.8) is 0 Å². The minimum atomic E-state index is -0.554. The number of nitrogen functional groups attached to an aromatic ring is 1. The molecule has 0 fully saturated rings. The topological polar surface area (TPSA) is 130 Å². The molecule has 0 unspecified atom stereocenters. The van der Waals surface area contributed by atoms with Crippen LogP contribution in [0.25, 0.3) is 0 Å². The Balaban J connectivity index is 2.47. The summed E-state index contributed by atoms with van der Waals surface area (Å²) in [6, 6.07) is 0. The molecule has 0 aliphatic heterocycles. The number of carbonyl (C=O) groups excluding carboxylic acids is 2. The van der Waals surface area contributed by atoms with Gasteiger partial charge >= 0.3 is 5.97 Å². The predicted molar refractivity (Wildman–Crippen MR) is 66.4 cm³/mol. The number of nitrogens with two attached hydrogens (primary N) is 2. The van der Waals surface area contributed by atoms with Crippen LogP contribution < -0.4 is 16.8 Å². The smallest absolute Gasteiger partial charge is 0.344 e. The van der Waals surface area contributed by atoms with Crippen molar-refractivity contribution in [3.8, 4) is 0 Å². The minimum absolute atomic E-state index is 0.118. The van der Waals surface area contributed by atoms with Crippen molar-refractivity contribution in [2.24, 2.45) is 5.73 Å². The number of anilines is 2. The second kappa shape index (κ2) is 6.77. The quantitative estimate of drug-likeness (QED) is 0.448. The molecular weight excluding hydrogens is 260 g/mol. The molecule has 8 nitrogen and oxygen atoms in total. The summed E-state index contributed by atoms with van der Waals surface area (Å²) in [7, 11) is 1.26. The first-order valence-electron chi connectivity index (χ1n) is 4.99. The zero-order chi connectivity index (χ0) is 13.5. The molecule has 0 spiro atoms. The lowest BCUT2D eigenvalue weighted by atomic mass is 10.3. The Morgan fingerprint density at radius 2 is 2.22 bits per heavy atom. The fourth-order valence-corrected chi connectivity index (χ4v) is 1.86. The number of hydrogen-bond acceptors (Lipinski definition) is 8. The highest BCUT2D eigenvalue weighted by Gasteiger charge is 2.19. The Morgan fingerprint density at radius 3 is 2.83 bits per heavy atom. The normalized spacial score (nSPS) is 10.1. The van der Waals surface area contributed by atoms with E-state index < -0.39 is 11.9 Å². The van der Waals surface area contributed by atoms with Crippen molar-refractivity contribution in [3.05, 3.63) is 5.56 Å². The summed E-state index contributed by atoms with van der Waals surface area (Å²) >= 11 is 1.05. The van der Waals surface area contributed by atoms with Crippen LogP contribution >= 0.6 is 11.5 Å². The summed E-state index contributed by atoms with van der Waals surface area (Å²) in [5.74, 6) is -0.971. The van der Waals surface area contributed by atoms with Gasteiger partial charge in [-0.05, 0) is 11.5 Å². The highest BCUT2D eigenvalue weighted by Crippen LogP contribution is 2.26. The maximum atomic E-state index is 11.4. The van der Waals surface area contributed by atoms with Crippen LogP contribution in [0.3, 0.4) is 0 Å². The summed E-state index contributed by atoms with van der Waals surface area (Å²) < 4.78 is 13.4. The molecule has 100 valence electrons. The number of hydrogen-bond donors (Lipinski definition) is 3. The molecule has 0 saturated heterocycles. The number of rotatable bonds is 7. The molecule has 0 saturated carbocycles. The fourth-order valence-electron chi connectivity index (χ4n) is 1.13. The molecule has 0 bridgehead atoms. The first kappa shape index (κ1) is 14.2. The van der Waals surface area contributed by atoms with Crippen molar-refractivity contribution in [2.45, 2.75) is 0 Å². The number of nitrogens with zero attached hydrogens (tertiary/aromatic N) is 1. The molecule has 1 heterocycles. The van der Waals surface area contributed by atoms with Gasteiger partial charge in [0.25, 0.3) is 0 Å². The monoisotopic (exact) mass is 274 g/mol. The van der Waals surface area contributed by atoms with E-state index in [0.29, 0.717) is 11.5 Å². The van der Waals surface area contributed by atoms with E-state index in [1.807, 2.05) is 0 Å². The summed E-state index contributed by atoms with van der Waals surface area (Å²) in [4.78, 5) is 21.8. The molecule has 0 aromatic carbocycles. The Morgan fingerprint density at radius 1 is 1.50 bits per heavy atom. The van der Waals surface area contributed by atoms with Gasteiger partial charge in [-0.2, -0.15) is 4.37 Å². The first-order chi connectivity index (χ1) is 8.56. The molecule has 1 aromatic rings. The van der Waals surface area contributed by atoms with Crippen LogP contribution in [0.4, 0.5) is 10.8 Å². The lowest BCUT2D eigenvalue weighted by Crippen LogP contribution is -2.20. The lowest BCUT2D eigenvalue weighted by molar-refractivity contribution is -0.122. The van der Waals surface area contributed by atoms with E-state index >= 15 is 0 Å². The Kier molecular flexibility index (Phi) is 5.33. The number of aromatic nitrogens is 1. The van der Waals surface area contributed by atoms with Gasteiger partial charge in [-0.25, -0.2) is 4.79 Å². The van der Waals surface area contributed by atoms with Crippen LogP contribution in [-0.2, 0) is 14.3 Å². The number of amides is 1. The third kappa shape index (κ3) is 3.86. The highest BCUT2D eigenvalue weighted by atomic mass is 32.1. The molecule has 0 atom stereocenters. The number of primary amides is 1. The number of carbonyl (C=O) groups is 2.